The molecule has 0 saturated carbocycles. The smallest absolute Gasteiger partial charge is 0.236 e. The van der Waals surface area contributed by atoms with E-state index in [1.165, 1.54) is 0 Å². The third-order valence-corrected chi connectivity index (χ3v) is 3.76. The topological polar surface area (TPSA) is 58.8 Å². The molecule has 2 saturated heterocycles. The second-order valence-electron chi connectivity index (χ2n) is 4.94. The predicted octanol–water partition coefficient (Wildman–Crippen LogP) is -0.484. The molecule has 5 heteroatoms. The lowest BCUT2D eigenvalue weighted by Crippen LogP contribution is -2.45. The summed E-state index contributed by atoms with van der Waals surface area (Å²) in [6, 6.07) is 0. The maximum atomic E-state index is 11.4. The standard InChI is InChI=1S/C12H23N3O2/c13-9-12(16)15-3-1-11(2-4-15)10-14-5-7-17-8-6-14/h11H,1-10,13H2. The van der Waals surface area contributed by atoms with Crippen LogP contribution in [0.15, 0.2) is 0 Å². The van der Waals surface area contributed by atoms with Crippen LogP contribution in [-0.2, 0) is 9.53 Å². The van der Waals surface area contributed by atoms with Gasteiger partial charge in [0.05, 0.1) is 19.8 Å². The van der Waals surface area contributed by atoms with E-state index >= 15 is 0 Å². The number of amides is 1. The minimum Gasteiger partial charge on any atom is -0.379 e. The molecule has 0 aromatic rings. The molecule has 2 rings (SSSR count). The van der Waals surface area contributed by atoms with Crippen LogP contribution in [0.25, 0.3) is 0 Å². The summed E-state index contributed by atoms with van der Waals surface area (Å²) in [7, 11) is 0. The van der Waals surface area contributed by atoms with Crippen molar-refractivity contribution in [3.8, 4) is 0 Å². The molecule has 0 aromatic heterocycles. The van der Waals surface area contributed by atoms with Gasteiger partial charge in [-0.05, 0) is 18.8 Å². The van der Waals surface area contributed by atoms with Gasteiger partial charge in [-0.25, -0.2) is 0 Å². The maximum Gasteiger partial charge on any atom is 0.236 e. The van der Waals surface area contributed by atoms with Crippen LogP contribution in [0.2, 0.25) is 0 Å². The number of likely N-dealkylation sites (tertiary alicyclic amines) is 1. The van der Waals surface area contributed by atoms with Crippen LogP contribution in [0, 0.1) is 5.92 Å². The van der Waals surface area contributed by atoms with Gasteiger partial charge in [0.2, 0.25) is 5.91 Å². The lowest BCUT2D eigenvalue weighted by molar-refractivity contribution is -0.131. The van der Waals surface area contributed by atoms with Gasteiger partial charge in [-0.2, -0.15) is 0 Å². The Balaban J connectivity index is 1.69. The number of morpholine rings is 1. The highest BCUT2D eigenvalue weighted by Crippen LogP contribution is 2.18. The number of rotatable bonds is 3. The monoisotopic (exact) mass is 241 g/mol. The van der Waals surface area contributed by atoms with Gasteiger partial charge in [0, 0.05) is 32.7 Å². The first-order valence-electron chi connectivity index (χ1n) is 6.57. The molecule has 2 N–H and O–H groups in total. The molecule has 2 fully saturated rings. The van der Waals surface area contributed by atoms with Crippen molar-refractivity contribution in [1.82, 2.24) is 9.80 Å². The van der Waals surface area contributed by atoms with Gasteiger partial charge in [0.15, 0.2) is 0 Å². The summed E-state index contributed by atoms with van der Waals surface area (Å²) in [4.78, 5) is 15.8. The third-order valence-electron chi connectivity index (χ3n) is 3.76. The van der Waals surface area contributed by atoms with Gasteiger partial charge < -0.3 is 15.4 Å². The lowest BCUT2D eigenvalue weighted by atomic mass is 9.96. The molecule has 0 radical (unpaired) electrons. The fourth-order valence-electron chi connectivity index (χ4n) is 2.64. The van der Waals surface area contributed by atoms with Crippen molar-refractivity contribution in [2.75, 3.05) is 52.5 Å². The molecule has 0 spiro atoms. The van der Waals surface area contributed by atoms with Gasteiger partial charge in [-0.1, -0.05) is 0 Å². The Hall–Kier alpha value is -0.650. The highest BCUT2D eigenvalue weighted by molar-refractivity contribution is 5.78. The summed E-state index contributed by atoms with van der Waals surface area (Å²) in [6.45, 7) is 6.91. The molecule has 0 unspecified atom stereocenters. The average Bonchev–Trinajstić information content (AvgIpc) is 2.40. The number of carbonyl (C=O) groups excluding carboxylic acids is 1. The number of nitrogens with two attached hydrogens (primary N) is 1. The molecule has 0 atom stereocenters. The molecule has 0 aliphatic carbocycles. The summed E-state index contributed by atoms with van der Waals surface area (Å²) in [5.41, 5.74) is 5.37. The number of nitrogens with zero attached hydrogens (tertiary/aromatic N) is 2. The number of hydrogen-bond donors (Lipinski definition) is 1. The van der Waals surface area contributed by atoms with Crippen molar-refractivity contribution in [2.24, 2.45) is 11.7 Å². The van der Waals surface area contributed by atoms with Crippen molar-refractivity contribution in [2.45, 2.75) is 12.8 Å². The average molecular weight is 241 g/mol. The fraction of sp³-hybridized carbons (Fsp3) is 0.917. The summed E-state index contributed by atoms with van der Waals surface area (Å²) in [5.74, 6) is 0.824. The Morgan fingerprint density at radius 2 is 1.82 bits per heavy atom. The van der Waals surface area contributed by atoms with Gasteiger partial charge in [-0.15, -0.1) is 0 Å². The Morgan fingerprint density at radius 3 is 2.41 bits per heavy atom. The van der Waals surface area contributed by atoms with Crippen LogP contribution < -0.4 is 5.73 Å². The van der Waals surface area contributed by atoms with Crippen LogP contribution >= 0.6 is 0 Å². The lowest BCUT2D eigenvalue weighted by Gasteiger charge is -2.35. The molecule has 98 valence electrons. The second kappa shape index (κ2) is 6.33. The number of carbonyl (C=O) groups is 1. The van der Waals surface area contributed by atoms with Crippen molar-refractivity contribution >= 4 is 5.91 Å². The number of ether oxygens (including phenoxy) is 1. The molecule has 1 amide bonds. The van der Waals surface area contributed by atoms with E-state index in [1.807, 2.05) is 4.90 Å². The van der Waals surface area contributed by atoms with Crippen LogP contribution in [0.4, 0.5) is 0 Å². The number of hydrogen-bond acceptors (Lipinski definition) is 4. The summed E-state index contributed by atoms with van der Waals surface area (Å²) < 4.78 is 5.34. The largest absolute Gasteiger partial charge is 0.379 e. The Morgan fingerprint density at radius 1 is 1.18 bits per heavy atom. The van der Waals surface area contributed by atoms with Crippen molar-refractivity contribution in [1.29, 1.82) is 0 Å². The predicted molar refractivity (Wildman–Crippen MR) is 65.6 cm³/mol. The van der Waals surface area contributed by atoms with E-state index in [1.54, 1.807) is 0 Å². The summed E-state index contributed by atoms with van der Waals surface area (Å²) in [6.07, 6.45) is 2.23. The molecular weight excluding hydrogens is 218 g/mol. The molecule has 0 bridgehead atoms. The maximum absolute atomic E-state index is 11.4. The first-order chi connectivity index (χ1) is 8.29. The van der Waals surface area contributed by atoms with E-state index in [-0.39, 0.29) is 12.5 Å². The minimum absolute atomic E-state index is 0.0924. The zero-order valence-electron chi connectivity index (χ0n) is 10.4. The molecular formula is C12H23N3O2. The Labute approximate surface area is 103 Å². The summed E-state index contributed by atoms with van der Waals surface area (Å²) in [5, 5.41) is 0. The van der Waals surface area contributed by atoms with Crippen molar-refractivity contribution < 1.29 is 9.53 Å². The zero-order chi connectivity index (χ0) is 12.1. The van der Waals surface area contributed by atoms with Gasteiger partial charge in [-0.3, -0.25) is 9.69 Å². The second-order valence-corrected chi connectivity index (χ2v) is 4.94. The number of piperidine rings is 1. The molecule has 17 heavy (non-hydrogen) atoms. The molecule has 2 heterocycles. The van der Waals surface area contributed by atoms with E-state index in [0.29, 0.717) is 0 Å². The quantitative estimate of drug-likeness (QED) is 0.725. The Kier molecular flexibility index (Phi) is 4.76. The van der Waals surface area contributed by atoms with E-state index in [2.05, 4.69) is 4.90 Å². The first-order valence-corrected chi connectivity index (χ1v) is 6.57. The summed E-state index contributed by atoms with van der Waals surface area (Å²) >= 11 is 0. The molecule has 2 aliphatic rings. The molecule has 2 aliphatic heterocycles. The van der Waals surface area contributed by atoms with Crippen LogP contribution in [-0.4, -0.2) is 68.2 Å². The van der Waals surface area contributed by atoms with Gasteiger partial charge in [0.25, 0.3) is 0 Å². The Bertz CT molecular complexity index is 246. The van der Waals surface area contributed by atoms with E-state index in [0.717, 1.165) is 64.7 Å². The normalized spacial score (nSPS) is 23.9. The van der Waals surface area contributed by atoms with Gasteiger partial charge >= 0.3 is 0 Å². The first kappa shape index (κ1) is 12.8. The SMILES string of the molecule is NCC(=O)N1CCC(CN2CCOCC2)CC1. The highest BCUT2D eigenvalue weighted by Gasteiger charge is 2.24. The third kappa shape index (κ3) is 3.66. The molecule has 5 nitrogen and oxygen atoms in total. The van der Waals surface area contributed by atoms with E-state index in [9.17, 15) is 4.79 Å². The van der Waals surface area contributed by atoms with E-state index in [4.69, 9.17) is 10.5 Å². The van der Waals surface area contributed by atoms with Crippen molar-refractivity contribution in [3.05, 3.63) is 0 Å². The molecule has 0 aromatic carbocycles. The van der Waals surface area contributed by atoms with Crippen molar-refractivity contribution in [3.63, 3.8) is 0 Å². The minimum atomic E-state index is 0.0924. The van der Waals surface area contributed by atoms with E-state index < -0.39 is 0 Å². The highest BCUT2D eigenvalue weighted by atomic mass is 16.5. The fourth-order valence-corrected chi connectivity index (χ4v) is 2.64. The van der Waals surface area contributed by atoms with Crippen LogP contribution in [0.1, 0.15) is 12.8 Å². The zero-order valence-corrected chi connectivity index (χ0v) is 10.4. The van der Waals surface area contributed by atoms with Crippen LogP contribution in [0.3, 0.4) is 0 Å². The van der Waals surface area contributed by atoms with Gasteiger partial charge in [0.1, 0.15) is 0 Å². The van der Waals surface area contributed by atoms with Crippen LogP contribution in [0.5, 0.6) is 0 Å².